The molecule has 0 atom stereocenters. The summed E-state index contributed by atoms with van der Waals surface area (Å²) in [6.45, 7) is 5.28. The van der Waals surface area contributed by atoms with E-state index in [0.717, 1.165) is 23.9 Å². The maximum atomic E-state index is 12.3. The van der Waals surface area contributed by atoms with E-state index >= 15 is 0 Å². The van der Waals surface area contributed by atoms with Gasteiger partial charge in [0.25, 0.3) is 0 Å². The molecule has 0 spiro atoms. The lowest BCUT2D eigenvalue weighted by atomic mass is 10.4. The van der Waals surface area contributed by atoms with Crippen LogP contribution in [0.1, 0.15) is 31.1 Å². The molecule has 0 saturated heterocycles. The van der Waals surface area contributed by atoms with Gasteiger partial charge in [0.05, 0.1) is 4.90 Å². The van der Waals surface area contributed by atoms with Crippen LogP contribution in [0.25, 0.3) is 0 Å². The van der Waals surface area contributed by atoms with Crippen LogP contribution in [0.3, 0.4) is 0 Å². The average Bonchev–Trinajstić information content (AvgIpc) is 3.15. The summed E-state index contributed by atoms with van der Waals surface area (Å²) in [4.78, 5) is 1.25. The zero-order valence-corrected chi connectivity index (χ0v) is 14.1. The molecule has 1 saturated carbocycles. The summed E-state index contributed by atoms with van der Waals surface area (Å²) < 4.78 is 32.7. The molecule has 1 fully saturated rings. The van der Waals surface area contributed by atoms with E-state index in [-0.39, 0.29) is 0 Å². The summed E-state index contributed by atoms with van der Waals surface area (Å²) in [5, 5.41) is 4.98. The second-order valence-corrected chi connectivity index (χ2v) is 7.99. The van der Waals surface area contributed by atoms with Crippen LogP contribution in [0, 0.1) is 5.92 Å². The van der Waals surface area contributed by atoms with Crippen molar-refractivity contribution in [1.29, 1.82) is 0 Å². The first kappa shape index (κ1) is 16.9. The molecule has 2 N–H and O–H groups in total. The van der Waals surface area contributed by atoms with Crippen molar-refractivity contribution < 1.29 is 13.2 Å². The van der Waals surface area contributed by atoms with Gasteiger partial charge in [0.2, 0.25) is 10.0 Å². The molecule has 0 aromatic carbocycles. The first-order chi connectivity index (χ1) is 10.1. The van der Waals surface area contributed by atoms with Gasteiger partial charge in [-0.15, -0.1) is 11.3 Å². The van der Waals surface area contributed by atoms with Gasteiger partial charge in [0.1, 0.15) is 0 Å². The van der Waals surface area contributed by atoms with E-state index in [9.17, 15) is 8.42 Å². The summed E-state index contributed by atoms with van der Waals surface area (Å²) in [7, 11) is -3.40. The quantitative estimate of drug-likeness (QED) is 0.608. The first-order valence-corrected chi connectivity index (χ1v) is 9.84. The summed E-state index contributed by atoms with van der Waals surface area (Å²) in [6.07, 6.45) is 3.26. The Morgan fingerprint density at radius 1 is 1.43 bits per heavy atom. The molecular weight excluding hydrogens is 308 g/mol. The van der Waals surface area contributed by atoms with E-state index in [1.54, 1.807) is 6.07 Å². The van der Waals surface area contributed by atoms with Gasteiger partial charge < -0.3 is 10.1 Å². The molecule has 1 aromatic rings. The molecule has 1 aliphatic rings. The molecule has 0 unspecified atom stereocenters. The molecule has 1 heterocycles. The predicted molar refractivity (Wildman–Crippen MR) is 85.0 cm³/mol. The number of nitrogens with one attached hydrogen (secondary N) is 2. The molecular formula is C14H24N2O3S2. The summed E-state index contributed by atoms with van der Waals surface area (Å²) in [5.41, 5.74) is 0. The lowest BCUT2D eigenvalue weighted by molar-refractivity contribution is 0.123. The lowest BCUT2D eigenvalue weighted by Gasteiger charge is -2.08. The van der Waals surface area contributed by atoms with Gasteiger partial charge in [0, 0.05) is 31.2 Å². The minimum atomic E-state index is -3.40. The number of sulfonamides is 1. The molecule has 1 aromatic heterocycles. The molecule has 1 aliphatic carbocycles. The number of hydrogen-bond acceptors (Lipinski definition) is 5. The minimum Gasteiger partial charge on any atom is -0.381 e. The van der Waals surface area contributed by atoms with E-state index in [2.05, 4.69) is 10.0 Å². The Bertz CT molecular complexity index is 524. The van der Waals surface area contributed by atoms with Crippen LogP contribution in [0.2, 0.25) is 0 Å². The van der Waals surface area contributed by atoms with E-state index < -0.39 is 10.0 Å². The van der Waals surface area contributed by atoms with Gasteiger partial charge in [0.15, 0.2) is 0 Å². The Labute approximate surface area is 131 Å². The van der Waals surface area contributed by atoms with E-state index in [0.29, 0.717) is 31.0 Å². The Balaban J connectivity index is 1.73. The number of ether oxygens (including phenoxy) is 1. The molecule has 5 nitrogen and oxygen atoms in total. The molecule has 120 valence electrons. The van der Waals surface area contributed by atoms with E-state index in [1.165, 1.54) is 24.2 Å². The van der Waals surface area contributed by atoms with Gasteiger partial charge in [-0.25, -0.2) is 13.1 Å². The number of hydrogen-bond donors (Lipinski definition) is 2. The SMILES string of the molecule is CCNCc1sccc1S(=O)(=O)NCCCOCC1CC1. The van der Waals surface area contributed by atoms with Crippen LogP contribution >= 0.6 is 11.3 Å². The molecule has 7 heteroatoms. The highest BCUT2D eigenvalue weighted by Crippen LogP contribution is 2.28. The molecule has 21 heavy (non-hydrogen) atoms. The molecule has 0 radical (unpaired) electrons. The van der Waals surface area contributed by atoms with Crippen LogP contribution < -0.4 is 10.0 Å². The third-order valence-electron chi connectivity index (χ3n) is 3.34. The van der Waals surface area contributed by atoms with Gasteiger partial charge >= 0.3 is 0 Å². The predicted octanol–water partition coefficient (Wildman–Crippen LogP) is 1.95. The van der Waals surface area contributed by atoms with Crippen molar-refractivity contribution in [3.05, 3.63) is 16.3 Å². The Morgan fingerprint density at radius 3 is 2.95 bits per heavy atom. The maximum absolute atomic E-state index is 12.3. The largest absolute Gasteiger partial charge is 0.381 e. The Morgan fingerprint density at radius 2 is 2.24 bits per heavy atom. The van der Waals surface area contributed by atoms with Crippen molar-refractivity contribution >= 4 is 21.4 Å². The standard InChI is InChI=1S/C14H24N2O3S2/c1-2-15-10-13-14(6-9-20-13)21(17,18)16-7-3-8-19-11-12-4-5-12/h6,9,12,15-16H,2-5,7-8,10-11H2,1H3. The second-order valence-electron chi connectivity index (χ2n) is 5.26. The fourth-order valence-electron chi connectivity index (χ4n) is 1.93. The molecule has 2 rings (SSSR count). The maximum Gasteiger partial charge on any atom is 0.241 e. The highest BCUT2D eigenvalue weighted by Gasteiger charge is 2.21. The smallest absolute Gasteiger partial charge is 0.241 e. The third kappa shape index (κ3) is 5.67. The van der Waals surface area contributed by atoms with Crippen LogP contribution in [0.5, 0.6) is 0 Å². The van der Waals surface area contributed by atoms with E-state index in [4.69, 9.17) is 4.74 Å². The van der Waals surface area contributed by atoms with Gasteiger partial charge in [-0.1, -0.05) is 6.92 Å². The second kappa shape index (κ2) is 8.24. The van der Waals surface area contributed by atoms with Crippen molar-refractivity contribution in [3.63, 3.8) is 0 Å². The highest BCUT2D eigenvalue weighted by atomic mass is 32.2. The topological polar surface area (TPSA) is 67.4 Å². The summed E-state index contributed by atoms with van der Waals surface area (Å²) in [6, 6.07) is 1.67. The first-order valence-electron chi connectivity index (χ1n) is 7.48. The normalized spacial score (nSPS) is 15.5. The van der Waals surface area contributed by atoms with Gasteiger partial charge in [-0.2, -0.15) is 0 Å². The number of thiophene rings is 1. The van der Waals surface area contributed by atoms with Crippen molar-refractivity contribution in [3.8, 4) is 0 Å². The summed E-state index contributed by atoms with van der Waals surface area (Å²) in [5.74, 6) is 0.751. The summed E-state index contributed by atoms with van der Waals surface area (Å²) >= 11 is 1.47. The molecule has 0 aliphatic heterocycles. The van der Waals surface area contributed by atoms with Crippen molar-refractivity contribution in [2.45, 2.75) is 37.6 Å². The van der Waals surface area contributed by atoms with Gasteiger partial charge in [-0.3, -0.25) is 0 Å². The Hall–Kier alpha value is -0.470. The van der Waals surface area contributed by atoms with E-state index in [1.807, 2.05) is 12.3 Å². The van der Waals surface area contributed by atoms with Crippen molar-refractivity contribution in [2.75, 3.05) is 26.3 Å². The zero-order valence-electron chi connectivity index (χ0n) is 12.4. The number of rotatable bonds is 11. The van der Waals surface area contributed by atoms with Crippen molar-refractivity contribution in [1.82, 2.24) is 10.0 Å². The Kier molecular flexibility index (Phi) is 6.63. The average molecular weight is 332 g/mol. The van der Waals surface area contributed by atoms with Crippen LogP contribution in [-0.2, 0) is 21.3 Å². The van der Waals surface area contributed by atoms with Crippen LogP contribution in [0.4, 0.5) is 0 Å². The van der Waals surface area contributed by atoms with Crippen molar-refractivity contribution in [2.24, 2.45) is 5.92 Å². The lowest BCUT2D eigenvalue weighted by Crippen LogP contribution is -2.26. The highest BCUT2D eigenvalue weighted by molar-refractivity contribution is 7.89. The van der Waals surface area contributed by atoms with Gasteiger partial charge in [-0.05, 0) is 43.2 Å². The van der Waals surface area contributed by atoms with Crippen LogP contribution in [0.15, 0.2) is 16.3 Å². The molecule has 0 amide bonds. The monoisotopic (exact) mass is 332 g/mol. The third-order valence-corrected chi connectivity index (χ3v) is 5.93. The fraction of sp³-hybridized carbons (Fsp3) is 0.714. The molecule has 0 bridgehead atoms. The minimum absolute atomic E-state index is 0.396. The zero-order chi connectivity index (χ0) is 15.1. The fourth-order valence-corrected chi connectivity index (χ4v) is 4.41. The van der Waals surface area contributed by atoms with Crippen LogP contribution in [-0.4, -0.2) is 34.7 Å².